The third kappa shape index (κ3) is 2.02. The summed E-state index contributed by atoms with van der Waals surface area (Å²) in [6.45, 7) is 3.61. The molecular weight excluding hydrogens is 190 g/mol. The summed E-state index contributed by atoms with van der Waals surface area (Å²) >= 11 is 0. The molecule has 80 valence electrons. The number of carboxylic acids is 1. The fraction of sp³-hybridized carbons (Fsp3) is 0.417. The lowest BCUT2D eigenvalue weighted by molar-refractivity contribution is -0.140. The van der Waals surface area contributed by atoms with Crippen LogP contribution in [0.15, 0.2) is 24.3 Å². The zero-order valence-electron chi connectivity index (χ0n) is 8.73. The molecule has 1 heterocycles. The highest BCUT2D eigenvalue weighted by molar-refractivity contribution is 5.76. The number of hydrogen-bond acceptors (Lipinski definition) is 2. The van der Waals surface area contributed by atoms with Crippen molar-refractivity contribution in [3.05, 3.63) is 35.4 Å². The Morgan fingerprint density at radius 3 is 2.73 bits per heavy atom. The number of nitrogens with one attached hydrogen (secondary N) is 1. The van der Waals surface area contributed by atoms with Gasteiger partial charge in [-0.1, -0.05) is 29.8 Å². The van der Waals surface area contributed by atoms with Gasteiger partial charge in [0.05, 0.1) is 5.92 Å². The van der Waals surface area contributed by atoms with Gasteiger partial charge in [-0.05, 0) is 12.5 Å². The van der Waals surface area contributed by atoms with E-state index in [9.17, 15) is 9.90 Å². The summed E-state index contributed by atoms with van der Waals surface area (Å²) in [4.78, 5) is 11.2. The van der Waals surface area contributed by atoms with E-state index in [2.05, 4.69) is 5.32 Å². The van der Waals surface area contributed by atoms with E-state index in [0.717, 1.165) is 24.2 Å². The molecule has 0 saturated carbocycles. The Hall–Kier alpha value is -1.35. The van der Waals surface area contributed by atoms with Crippen molar-refractivity contribution in [2.24, 2.45) is 5.92 Å². The zero-order chi connectivity index (χ0) is 10.8. The topological polar surface area (TPSA) is 49.3 Å². The molecule has 15 heavy (non-hydrogen) atoms. The molecular formula is C12H15NO2. The van der Waals surface area contributed by atoms with Crippen molar-refractivity contribution in [2.75, 3.05) is 13.1 Å². The molecule has 1 aliphatic rings. The first-order valence-electron chi connectivity index (χ1n) is 5.18. The lowest BCUT2D eigenvalue weighted by atomic mass is 9.82. The summed E-state index contributed by atoms with van der Waals surface area (Å²) in [5.74, 6) is -0.831. The molecule has 1 aromatic rings. The third-order valence-corrected chi connectivity index (χ3v) is 2.95. The highest BCUT2D eigenvalue weighted by Crippen LogP contribution is 2.28. The monoisotopic (exact) mass is 205 g/mol. The lowest BCUT2D eigenvalue weighted by Crippen LogP contribution is -2.47. The molecule has 3 heteroatoms. The van der Waals surface area contributed by atoms with E-state index < -0.39 is 5.97 Å². The van der Waals surface area contributed by atoms with Crippen molar-refractivity contribution in [1.82, 2.24) is 5.32 Å². The number of rotatable bonds is 3. The molecule has 1 unspecified atom stereocenters. The SMILES string of the molecule is Cc1cccc(C(C(=O)O)C2CNC2)c1. The van der Waals surface area contributed by atoms with E-state index in [0.29, 0.717) is 0 Å². The molecule has 0 radical (unpaired) electrons. The molecule has 0 spiro atoms. The minimum absolute atomic E-state index is 0.240. The average molecular weight is 205 g/mol. The minimum atomic E-state index is -0.716. The molecule has 0 amide bonds. The van der Waals surface area contributed by atoms with E-state index in [-0.39, 0.29) is 11.8 Å². The van der Waals surface area contributed by atoms with Crippen LogP contribution < -0.4 is 5.32 Å². The Labute approximate surface area is 89.1 Å². The van der Waals surface area contributed by atoms with Crippen LogP contribution in [0.3, 0.4) is 0 Å². The van der Waals surface area contributed by atoms with Crippen LogP contribution in [0.2, 0.25) is 0 Å². The van der Waals surface area contributed by atoms with Gasteiger partial charge in [0.25, 0.3) is 0 Å². The van der Waals surface area contributed by atoms with Crippen LogP contribution in [0.5, 0.6) is 0 Å². The summed E-state index contributed by atoms with van der Waals surface area (Å²) in [6, 6.07) is 7.79. The number of aliphatic carboxylic acids is 1. The van der Waals surface area contributed by atoms with Gasteiger partial charge in [-0.15, -0.1) is 0 Å². The standard InChI is InChI=1S/C12H15NO2/c1-8-3-2-4-9(5-8)11(12(14)15)10-6-13-7-10/h2-5,10-11,13H,6-7H2,1H3,(H,14,15). The summed E-state index contributed by atoms with van der Waals surface area (Å²) in [6.07, 6.45) is 0. The Morgan fingerprint density at radius 1 is 1.53 bits per heavy atom. The van der Waals surface area contributed by atoms with Gasteiger partial charge in [0.2, 0.25) is 0 Å². The number of carboxylic acid groups (broad SMARTS) is 1. The Kier molecular flexibility index (Phi) is 2.73. The molecule has 1 fully saturated rings. The van der Waals surface area contributed by atoms with Crippen molar-refractivity contribution < 1.29 is 9.90 Å². The summed E-state index contributed by atoms with van der Waals surface area (Å²) < 4.78 is 0. The second kappa shape index (κ2) is 4.03. The maximum atomic E-state index is 11.2. The minimum Gasteiger partial charge on any atom is -0.481 e. The molecule has 1 atom stereocenters. The molecule has 2 rings (SSSR count). The van der Waals surface area contributed by atoms with E-state index in [1.165, 1.54) is 0 Å². The predicted octanol–water partition coefficient (Wildman–Crippen LogP) is 1.38. The van der Waals surface area contributed by atoms with Gasteiger partial charge in [0.15, 0.2) is 0 Å². The van der Waals surface area contributed by atoms with Gasteiger partial charge in [-0.2, -0.15) is 0 Å². The van der Waals surface area contributed by atoms with Crippen molar-refractivity contribution in [1.29, 1.82) is 0 Å². The van der Waals surface area contributed by atoms with Crippen LogP contribution in [0.25, 0.3) is 0 Å². The van der Waals surface area contributed by atoms with Crippen molar-refractivity contribution in [3.63, 3.8) is 0 Å². The van der Waals surface area contributed by atoms with Crippen LogP contribution in [-0.2, 0) is 4.79 Å². The smallest absolute Gasteiger partial charge is 0.311 e. The highest BCUT2D eigenvalue weighted by Gasteiger charge is 2.33. The number of carbonyl (C=O) groups is 1. The zero-order valence-corrected chi connectivity index (χ0v) is 8.73. The van der Waals surface area contributed by atoms with Crippen LogP contribution in [0.4, 0.5) is 0 Å². The number of hydrogen-bond donors (Lipinski definition) is 2. The second-order valence-corrected chi connectivity index (χ2v) is 4.15. The van der Waals surface area contributed by atoms with Gasteiger partial charge in [-0.3, -0.25) is 4.79 Å². The van der Waals surface area contributed by atoms with Crippen molar-refractivity contribution in [2.45, 2.75) is 12.8 Å². The van der Waals surface area contributed by atoms with Crippen LogP contribution >= 0.6 is 0 Å². The lowest BCUT2D eigenvalue weighted by Gasteiger charge is -2.32. The van der Waals surface area contributed by atoms with Crippen molar-refractivity contribution in [3.8, 4) is 0 Å². The first-order chi connectivity index (χ1) is 7.18. The summed E-state index contributed by atoms with van der Waals surface area (Å²) in [5, 5.41) is 12.3. The molecule has 0 aliphatic carbocycles. The van der Waals surface area contributed by atoms with Crippen molar-refractivity contribution >= 4 is 5.97 Å². The highest BCUT2D eigenvalue weighted by atomic mass is 16.4. The molecule has 1 aliphatic heterocycles. The molecule has 1 saturated heterocycles. The Morgan fingerprint density at radius 2 is 2.27 bits per heavy atom. The number of aryl methyl sites for hydroxylation is 1. The number of benzene rings is 1. The maximum Gasteiger partial charge on any atom is 0.311 e. The van der Waals surface area contributed by atoms with E-state index >= 15 is 0 Å². The Balaban J connectivity index is 2.27. The quantitative estimate of drug-likeness (QED) is 0.783. The fourth-order valence-corrected chi connectivity index (χ4v) is 2.03. The molecule has 0 bridgehead atoms. The molecule has 2 N–H and O–H groups in total. The molecule has 0 aromatic heterocycles. The molecule has 3 nitrogen and oxygen atoms in total. The maximum absolute atomic E-state index is 11.2. The average Bonchev–Trinajstić information content (AvgIpc) is 2.10. The summed E-state index contributed by atoms with van der Waals surface area (Å²) in [7, 11) is 0. The van der Waals surface area contributed by atoms with E-state index in [4.69, 9.17) is 0 Å². The van der Waals surface area contributed by atoms with Gasteiger partial charge >= 0.3 is 5.97 Å². The first-order valence-corrected chi connectivity index (χ1v) is 5.18. The second-order valence-electron chi connectivity index (χ2n) is 4.15. The largest absolute Gasteiger partial charge is 0.481 e. The van der Waals surface area contributed by atoms with Gasteiger partial charge in [0, 0.05) is 19.0 Å². The normalized spacial score (nSPS) is 18.2. The van der Waals surface area contributed by atoms with Gasteiger partial charge in [-0.25, -0.2) is 0 Å². The van der Waals surface area contributed by atoms with E-state index in [1.807, 2.05) is 31.2 Å². The summed E-state index contributed by atoms with van der Waals surface area (Å²) in [5.41, 5.74) is 2.04. The van der Waals surface area contributed by atoms with E-state index in [1.54, 1.807) is 0 Å². The van der Waals surface area contributed by atoms with Gasteiger partial charge < -0.3 is 10.4 Å². The predicted molar refractivity (Wildman–Crippen MR) is 57.9 cm³/mol. The molecule has 1 aromatic carbocycles. The third-order valence-electron chi connectivity index (χ3n) is 2.95. The Bertz CT molecular complexity index is 372. The van der Waals surface area contributed by atoms with Crippen LogP contribution in [-0.4, -0.2) is 24.2 Å². The van der Waals surface area contributed by atoms with Crippen LogP contribution in [0.1, 0.15) is 17.0 Å². The van der Waals surface area contributed by atoms with Crippen LogP contribution in [0, 0.1) is 12.8 Å². The first kappa shape index (κ1) is 10.2. The fourth-order valence-electron chi connectivity index (χ4n) is 2.03. The van der Waals surface area contributed by atoms with Gasteiger partial charge in [0.1, 0.15) is 0 Å².